The first-order valence-electron chi connectivity index (χ1n) is 4.10. The first kappa shape index (κ1) is 13.3. The second-order valence-corrected chi connectivity index (χ2v) is 5.36. The highest BCUT2D eigenvalue weighted by Crippen LogP contribution is 2.07. The Bertz CT molecular complexity index is 299. The van der Waals surface area contributed by atoms with Gasteiger partial charge in [-0.2, -0.15) is 17.0 Å². The van der Waals surface area contributed by atoms with E-state index in [1.807, 2.05) is 0 Å². The van der Waals surface area contributed by atoms with Crippen LogP contribution in [0.4, 0.5) is 0 Å². The smallest absolute Gasteiger partial charge is 0.318 e. The number of hydrogen-bond donors (Lipinski definition) is 1. The first-order valence-corrected chi connectivity index (χ1v) is 5.50. The molecule has 0 aromatic heterocycles. The average Bonchev–Trinajstić information content (AvgIpc) is 2.01. The summed E-state index contributed by atoms with van der Waals surface area (Å²) in [4.78, 5) is 10.3. The molecule has 0 bridgehead atoms. The van der Waals surface area contributed by atoms with E-state index in [1.54, 1.807) is 13.8 Å². The Kier molecular flexibility index (Phi) is 4.50. The van der Waals surface area contributed by atoms with Crippen molar-refractivity contribution in [1.82, 2.24) is 8.61 Å². The molecule has 0 radical (unpaired) electrons. The van der Waals surface area contributed by atoms with Crippen molar-refractivity contribution in [2.24, 2.45) is 0 Å². The number of hydrogen-bond acceptors (Lipinski definition) is 3. The maximum atomic E-state index is 11.6. The van der Waals surface area contributed by atoms with Crippen LogP contribution in [0, 0.1) is 0 Å². The molecule has 0 atom stereocenters. The SMILES string of the molecule is CC(C)N(C)S(=O)(=O)N(C)CC(=O)O. The van der Waals surface area contributed by atoms with Gasteiger partial charge in [0.1, 0.15) is 6.54 Å². The number of rotatable bonds is 5. The molecule has 0 aromatic rings. The Labute approximate surface area is 84.3 Å². The summed E-state index contributed by atoms with van der Waals surface area (Å²) in [5.74, 6) is -1.17. The fourth-order valence-corrected chi connectivity index (χ4v) is 2.00. The minimum Gasteiger partial charge on any atom is -0.480 e. The lowest BCUT2D eigenvalue weighted by molar-refractivity contribution is -0.137. The highest BCUT2D eigenvalue weighted by Gasteiger charge is 2.26. The van der Waals surface area contributed by atoms with Gasteiger partial charge in [-0.25, -0.2) is 0 Å². The summed E-state index contributed by atoms with van der Waals surface area (Å²) in [5, 5.41) is 8.44. The molecule has 0 aromatic carbocycles. The van der Waals surface area contributed by atoms with Crippen LogP contribution in [0.1, 0.15) is 13.8 Å². The molecule has 0 unspecified atom stereocenters. The fourth-order valence-electron chi connectivity index (χ4n) is 0.758. The van der Waals surface area contributed by atoms with E-state index in [-0.39, 0.29) is 6.04 Å². The molecule has 0 spiro atoms. The van der Waals surface area contributed by atoms with Crippen LogP contribution in [-0.2, 0) is 15.0 Å². The number of nitrogens with zero attached hydrogens (tertiary/aromatic N) is 2. The van der Waals surface area contributed by atoms with Crippen LogP contribution in [0.2, 0.25) is 0 Å². The molecule has 1 N–H and O–H groups in total. The molecule has 6 nitrogen and oxygen atoms in total. The third-order valence-electron chi connectivity index (χ3n) is 1.84. The number of carbonyl (C=O) groups is 1. The van der Waals surface area contributed by atoms with Crippen LogP contribution < -0.4 is 0 Å². The molecule has 7 heteroatoms. The van der Waals surface area contributed by atoms with Crippen molar-refractivity contribution >= 4 is 16.2 Å². The van der Waals surface area contributed by atoms with Crippen LogP contribution in [0.25, 0.3) is 0 Å². The lowest BCUT2D eigenvalue weighted by Gasteiger charge is -2.25. The molecule has 0 fully saturated rings. The highest BCUT2D eigenvalue weighted by molar-refractivity contribution is 7.86. The van der Waals surface area contributed by atoms with Crippen LogP contribution in [0.3, 0.4) is 0 Å². The van der Waals surface area contributed by atoms with Gasteiger partial charge in [-0.3, -0.25) is 4.79 Å². The Morgan fingerprint density at radius 2 is 1.79 bits per heavy atom. The summed E-state index contributed by atoms with van der Waals surface area (Å²) < 4.78 is 25.1. The largest absolute Gasteiger partial charge is 0.480 e. The predicted molar refractivity (Wildman–Crippen MR) is 52.1 cm³/mol. The van der Waals surface area contributed by atoms with E-state index in [4.69, 9.17) is 5.11 Å². The normalized spacial score (nSPS) is 12.8. The molecule has 0 aliphatic heterocycles. The zero-order chi connectivity index (χ0) is 11.5. The summed E-state index contributed by atoms with van der Waals surface area (Å²) in [6.45, 7) is 2.90. The van der Waals surface area contributed by atoms with E-state index in [2.05, 4.69) is 0 Å². The second kappa shape index (κ2) is 4.72. The van der Waals surface area contributed by atoms with Crippen molar-refractivity contribution in [3.8, 4) is 0 Å². The molecule has 0 amide bonds. The maximum Gasteiger partial charge on any atom is 0.318 e. The third kappa shape index (κ3) is 3.24. The predicted octanol–water partition coefficient (Wildman–Crippen LogP) is -0.412. The molecule has 0 heterocycles. The zero-order valence-electron chi connectivity index (χ0n) is 8.76. The Morgan fingerprint density at radius 3 is 2.07 bits per heavy atom. The zero-order valence-corrected chi connectivity index (χ0v) is 9.58. The van der Waals surface area contributed by atoms with Gasteiger partial charge in [0, 0.05) is 20.1 Å². The topological polar surface area (TPSA) is 77.9 Å². The van der Waals surface area contributed by atoms with E-state index in [0.29, 0.717) is 0 Å². The van der Waals surface area contributed by atoms with Crippen molar-refractivity contribution in [3.63, 3.8) is 0 Å². The van der Waals surface area contributed by atoms with Crippen molar-refractivity contribution in [3.05, 3.63) is 0 Å². The van der Waals surface area contributed by atoms with Gasteiger partial charge in [-0.05, 0) is 13.8 Å². The van der Waals surface area contributed by atoms with Crippen molar-refractivity contribution in [2.45, 2.75) is 19.9 Å². The number of carboxylic acids is 1. The molecule has 84 valence electrons. The van der Waals surface area contributed by atoms with Gasteiger partial charge in [0.2, 0.25) is 0 Å². The first-order chi connectivity index (χ1) is 6.19. The van der Waals surface area contributed by atoms with Crippen LogP contribution in [0.15, 0.2) is 0 Å². The molecule has 14 heavy (non-hydrogen) atoms. The number of carboxylic acid groups (broad SMARTS) is 1. The van der Waals surface area contributed by atoms with Gasteiger partial charge in [0.05, 0.1) is 0 Å². The quantitative estimate of drug-likeness (QED) is 0.688. The van der Waals surface area contributed by atoms with Gasteiger partial charge in [0.25, 0.3) is 10.2 Å². The minimum absolute atomic E-state index is 0.198. The van der Waals surface area contributed by atoms with Crippen molar-refractivity contribution in [2.75, 3.05) is 20.6 Å². The van der Waals surface area contributed by atoms with Gasteiger partial charge in [0.15, 0.2) is 0 Å². The molecule has 0 saturated heterocycles. The van der Waals surface area contributed by atoms with Gasteiger partial charge >= 0.3 is 5.97 Å². The highest BCUT2D eigenvalue weighted by atomic mass is 32.2. The monoisotopic (exact) mass is 224 g/mol. The number of aliphatic carboxylic acids is 1. The average molecular weight is 224 g/mol. The summed E-state index contributed by atoms with van der Waals surface area (Å²) >= 11 is 0. The van der Waals surface area contributed by atoms with Crippen LogP contribution in [-0.4, -0.2) is 54.8 Å². The second-order valence-electron chi connectivity index (χ2n) is 3.27. The van der Waals surface area contributed by atoms with Crippen molar-refractivity contribution < 1.29 is 18.3 Å². The lowest BCUT2D eigenvalue weighted by Crippen LogP contribution is -2.44. The molecule has 0 aliphatic carbocycles. The summed E-state index contributed by atoms with van der Waals surface area (Å²) in [7, 11) is -0.994. The summed E-state index contributed by atoms with van der Waals surface area (Å²) in [6, 6.07) is -0.198. The molecular weight excluding hydrogens is 208 g/mol. The Balaban J connectivity index is 4.70. The minimum atomic E-state index is -3.65. The van der Waals surface area contributed by atoms with Gasteiger partial charge in [-0.15, -0.1) is 0 Å². The molecular formula is C7H16N2O4S. The van der Waals surface area contributed by atoms with Crippen LogP contribution >= 0.6 is 0 Å². The van der Waals surface area contributed by atoms with E-state index in [1.165, 1.54) is 14.1 Å². The molecule has 0 aliphatic rings. The Morgan fingerprint density at radius 1 is 1.36 bits per heavy atom. The van der Waals surface area contributed by atoms with E-state index >= 15 is 0 Å². The Hall–Kier alpha value is -0.660. The standard InChI is InChI=1S/C7H16N2O4S/c1-6(2)9(4)14(12,13)8(3)5-7(10)11/h6H,5H2,1-4H3,(H,10,11). The van der Waals surface area contributed by atoms with Crippen LogP contribution in [0.5, 0.6) is 0 Å². The molecule has 0 rings (SSSR count). The van der Waals surface area contributed by atoms with E-state index < -0.39 is 22.7 Å². The van der Waals surface area contributed by atoms with Gasteiger partial charge < -0.3 is 5.11 Å². The van der Waals surface area contributed by atoms with E-state index in [9.17, 15) is 13.2 Å². The fraction of sp³-hybridized carbons (Fsp3) is 0.857. The summed E-state index contributed by atoms with van der Waals surface area (Å²) in [5.41, 5.74) is 0. The maximum absolute atomic E-state index is 11.6. The molecule has 0 saturated carbocycles. The van der Waals surface area contributed by atoms with Gasteiger partial charge in [-0.1, -0.05) is 0 Å². The van der Waals surface area contributed by atoms with Crippen molar-refractivity contribution in [1.29, 1.82) is 0 Å². The number of likely N-dealkylation sites (N-methyl/N-ethyl adjacent to an activating group) is 1. The third-order valence-corrected chi connectivity index (χ3v) is 3.91. The summed E-state index contributed by atoms with van der Waals surface area (Å²) in [6.07, 6.45) is 0. The van der Waals surface area contributed by atoms with E-state index in [0.717, 1.165) is 8.61 Å². The lowest BCUT2D eigenvalue weighted by atomic mass is 10.4.